The van der Waals surface area contributed by atoms with Gasteiger partial charge in [-0.2, -0.15) is 0 Å². The molecule has 0 radical (unpaired) electrons. The number of pyridine rings is 1. The highest BCUT2D eigenvalue weighted by Crippen LogP contribution is 2.30. The van der Waals surface area contributed by atoms with E-state index in [9.17, 15) is 14.7 Å². The SMILES string of the molecule is O=C(O)/C=C\C(=O)O.OC(C1=NCCN1)(c1ccccc1)c1cccc(Cl)n1. The predicted molar refractivity (Wildman–Crippen MR) is 103 cm³/mol. The van der Waals surface area contributed by atoms with Crippen molar-refractivity contribution in [2.24, 2.45) is 4.99 Å². The number of aromatic nitrogens is 1. The van der Waals surface area contributed by atoms with Crippen molar-refractivity contribution in [3.05, 3.63) is 77.1 Å². The molecule has 1 aromatic heterocycles. The molecule has 0 amide bonds. The highest BCUT2D eigenvalue weighted by Gasteiger charge is 2.40. The Bertz CT molecular complexity index is 885. The number of carboxylic acids is 2. The summed E-state index contributed by atoms with van der Waals surface area (Å²) in [6, 6.07) is 14.6. The number of benzene rings is 1. The second-order valence-electron chi connectivity index (χ2n) is 5.59. The molecule has 2 aromatic rings. The second kappa shape index (κ2) is 9.63. The van der Waals surface area contributed by atoms with Crippen molar-refractivity contribution in [1.29, 1.82) is 0 Å². The van der Waals surface area contributed by atoms with E-state index in [4.69, 9.17) is 21.8 Å². The van der Waals surface area contributed by atoms with Crippen LogP contribution in [0.25, 0.3) is 0 Å². The number of rotatable bonds is 5. The van der Waals surface area contributed by atoms with E-state index in [2.05, 4.69) is 15.3 Å². The molecule has 1 aromatic carbocycles. The lowest BCUT2D eigenvalue weighted by Gasteiger charge is -2.28. The number of hydrogen-bond donors (Lipinski definition) is 4. The third-order valence-corrected chi connectivity index (χ3v) is 3.87. The summed E-state index contributed by atoms with van der Waals surface area (Å²) >= 11 is 5.96. The average molecular weight is 404 g/mol. The van der Waals surface area contributed by atoms with Gasteiger partial charge < -0.3 is 20.6 Å². The molecule has 1 atom stereocenters. The minimum absolute atomic E-state index is 0.343. The Morgan fingerprint density at radius 2 is 1.68 bits per heavy atom. The highest BCUT2D eigenvalue weighted by molar-refractivity contribution is 6.29. The fraction of sp³-hybridized carbons (Fsp3) is 0.158. The Morgan fingerprint density at radius 3 is 2.18 bits per heavy atom. The Morgan fingerprint density at radius 1 is 1.04 bits per heavy atom. The molecule has 8 nitrogen and oxygen atoms in total. The quantitative estimate of drug-likeness (QED) is 0.441. The van der Waals surface area contributed by atoms with E-state index in [1.165, 1.54) is 0 Å². The number of halogens is 1. The largest absolute Gasteiger partial charge is 0.478 e. The predicted octanol–water partition coefficient (Wildman–Crippen LogP) is 1.68. The molecule has 1 aliphatic rings. The van der Waals surface area contributed by atoms with Crippen LogP contribution < -0.4 is 5.32 Å². The van der Waals surface area contributed by atoms with Gasteiger partial charge in [0.05, 0.1) is 12.2 Å². The molecule has 1 aliphatic heterocycles. The van der Waals surface area contributed by atoms with Crippen molar-refractivity contribution in [2.75, 3.05) is 13.1 Å². The number of nitrogens with one attached hydrogen (secondary N) is 1. The van der Waals surface area contributed by atoms with Gasteiger partial charge in [-0.25, -0.2) is 14.6 Å². The Hall–Kier alpha value is -3.23. The van der Waals surface area contributed by atoms with Crippen molar-refractivity contribution >= 4 is 29.4 Å². The lowest BCUT2D eigenvalue weighted by molar-refractivity contribution is -0.134. The molecule has 0 saturated carbocycles. The van der Waals surface area contributed by atoms with E-state index in [-0.39, 0.29) is 0 Å². The number of hydrogen-bond acceptors (Lipinski definition) is 6. The molecule has 0 saturated heterocycles. The van der Waals surface area contributed by atoms with E-state index >= 15 is 0 Å². The topological polar surface area (TPSA) is 132 Å². The molecular formula is C19H18ClN3O5. The number of aliphatic imine (C=N–C) groups is 1. The molecule has 2 heterocycles. The summed E-state index contributed by atoms with van der Waals surface area (Å²) in [5.74, 6) is -2.00. The van der Waals surface area contributed by atoms with Crippen molar-refractivity contribution in [3.8, 4) is 0 Å². The summed E-state index contributed by atoms with van der Waals surface area (Å²) in [4.78, 5) is 27.7. The van der Waals surface area contributed by atoms with Crippen molar-refractivity contribution in [1.82, 2.24) is 10.3 Å². The molecule has 0 bridgehead atoms. The summed E-state index contributed by atoms with van der Waals surface area (Å²) in [5, 5.41) is 30.4. The van der Waals surface area contributed by atoms with Crippen molar-refractivity contribution < 1.29 is 24.9 Å². The van der Waals surface area contributed by atoms with Gasteiger partial charge in [-0.3, -0.25) is 4.99 Å². The van der Waals surface area contributed by atoms with Crippen LogP contribution in [-0.4, -0.2) is 51.2 Å². The van der Waals surface area contributed by atoms with Gasteiger partial charge in [-0.1, -0.05) is 48.0 Å². The van der Waals surface area contributed by atoms with Crippen LogP contribution in [0, 0.1) is 0 Å². The van der Waals surface area contributed by atoms with Crippen LogP contribution in [0.3, 0.4) is 0 Å². The van der Waals surface area contributed by atoms with Gasteiger partial charge in [0, 0.05) is 18.7 Å². The van der Waals surface area contributed by atoms with Crippen molar-refractivity contribution in [3.63, 3.8) is 0 Å². The van der Waals surface area contributed by atoms with E-state index < -0.39 is 17.5 Å². The molecule has 0 fully saturated rings. The monoisotopic (exact) mass is 403 g/mol. The second-order valence-corrected chi connectivity index (χ2v) is 5.98. The van der Waals surface area contributed by atoms with Gasteiger partial charge in [-0.05, 0) is 17.7 Å². The van der Waals surface area contributed by atoms with E-state index in [0.29, 0.717) is 47.5 Å². The van der Waals surface area contributed by atoms with Crippen LogP contribution in [0.1, 0.15) is 11.3 Å². The zero-order chi connectivity index (χ0) is 20.6. The van der Waals surface area contributed by atoms with Gasteiger partial charge >= 0.3 is 11.9 Å². The molecule has 0 spiro atoms. The zero-order valence-electron chi connectivity index (χ0n) is 14.6. The fourth-order valence-electron chi connectivity index (χ4n) is 2.48. The first-order chi connectivity index (χ1) is 13.3. The number of carbonyl (C=O) groups is 2. The maximum Gasteiger partial charge on any atom is 0.328 e. The Kier molecular flexibility index (Phi) is 7.25. The summed E-state index contributed by atoms with van der Waals surface area (Å²) < 4.78 is 0. The molecule has 4 N–H and O–H groups in total. The molecule has 28 heavy (non-hydrogen) atoms. The smallest absolute Gasteiger partial charge is 0.328 e. The van der Waals surface area contributed by atoms with Gasteiger partial charge in [0.15, 0.2) is 5.60 Å². The minimum atomic E-state index is -1.40. The van der Waals surface area contributed by atoms with Gasteiger partial charge in [-0.15, -0.1) is 0 Å². The molecule has 146 valence electrons. The number of aliphatic carboxylic acids is 2. The van der Waals surface area contributed by atoms with E-state index in [0.717, 1.165) is 0 Å². The lowest BCUT2D eigenvalue weighted by Crippen LogP contribution is -2.44. The molecule has 1 unspecified atom stereocenters. The van der Waals surface area contributed by atoms with Crippen LogP contribution in [0.5, 0.6) is 0 Å². The van der Waals surface area contributed by atoms with Crippen LogP contribution in [-0.2, 0) is 15.2 Å². The lowest BCUT2D eigenvalue weighted by atomic mass is 9.88. The molecule has 3 rings (SSSR count). The maximum absolute atomic E-state index is 11.3. The summed E-state index contributed by atoms with van der Waals surface area (Å²) in [6.45, 7) is 1.36. The highest BCUT2D eigenvalue weighted by atomic mass is 35.5. The standard InChI is InChI=1S/C15H14ClN3O.C4H4O4/c16-13-8-4-7-12(19-13)15(20,14-17-9-10-18-14)11-5-2-1-3-6-11;5-3(6)1-2-4(7)8/h1-8,20H,9-10H2,(H,17,18);1-2H,(H,5,6)(H,7,8)/b;2-1-. The number of amidine groups is 1. The number of aliphatic hydroxyl groups is 1. The van der Waals surface area contributed by atoms with Crippen LogP contribution in [0.2, 0.25) is 5.15 Å². The fourth-order valence-corrected chi connectivity index (χ4v) is 2.64. The van der Waals surface area contributed by atoms with E-state index in [1.807, 2.05) is 30.3 Å². The molecule has 0 aliphatic carbocycles. The Labute approximate surface area is 165 Å². The first-order valence-corrected chi connectivity index (χ1v) is 8.55. The van der Waals surface area contributed by atoms with Crippen LogP contribution >= 0.6 is 11.6 Å². The summed E-state index contributed by atoms with van der Waals surface area (Å²) in [6.07, 6.45) is 1.12. The first-order valence-electron chi connectivity index (χ1n) is 8.17. The Balaban J connectivity index is 0.000000300. The molecule has 9 heteroatoms. The van der Waals surface area contributed by atoms with Crippen molar-refractivity contribution in [2.45, 2.75) is 5.60 Å². The summed E-state index contributed by atoms with van der Waals surface area (Å²) in [5.41, 5.74) is -0.227. The maximum atomic E-state index is 11.3. The third-order valence-electron chi connectivity index (χ3n) is 3.66. The van der Waals surface area contributed by atoms with Gasteiger partial charge in [0.1, 0.15) is 11.0 Å². The van der Waals surface area contributed by atoms with E-state index in [1.54, 1.807) is 18.2 Å². The first kappa shape index (κ1) is 21.1. The van der Waals surface area contributed by atoms with Crippen LogP contribution in [0.4, 0.5) is 0 Å². The van der Waals surface area contributed by atoms with Crippen LogP contribution in [0.15, 0.2) is 65.7 Å². The van der Waals surface area contributed by atoms with Gasteiger partial charge in [0.25, 0.3) is 0 Å². The average Bonchev–Trinajstić information content (AvgIpc) is 3.22. The zero-order valence-corrected chi connectivity index (χ0v) is 15.4. The minimum Gasteiger partial charge on any atom is -0.478 e. The number of nitrogens with zero attached hydrogens (tertiary/aromatic N) is 2. The van der Waals surface area contributed by atoms with Gasteiger partial charge in [0.2, 0.25) is 0 Å². The number of carboxylic acid groups (broad SMARTS) is 2. The molecular weight excluding hydrogens is 386 g/mol. The third kappa shape index (κ3) is 5.38. The summed E-state index contributed by atoms with van der Waals surface area (Å²) in [7, 11) is 0. The normalized spacial score (nSPS) is 15.0.